The molecule has 1 aromatic carbocycles. The number of carbonyl (C=O) groups is 1. The summed E-state index contributed by atoms with van der Waals surface area (Å²) in [7, 11) is 6.92. The van der Waals surface area contributed by atoms with Gasteiger partial charge in [-0.25, -0.2) is 9.78 Å². The van der Waals surface area contributed by atoms with Crippen molar-refractivity contribution in [1.82, 2.24) is 24.3 Å². The van der Waals surface area contributed by atoms with Crippen LogP contribution in [0.5, 0.6) is 0 Å². The predicted octanol–water partition coefficient (Wildman–Crippen LogP) is 0.624. The molecule has 146 valence electrons. The van der Waals surface area contributed by atoms with Crippen molar-refractivity contribution >= 4 is 16.9 Å². The fraction of sp³-hybridized carbons (Fsp3) is 0.300. The molecule has 0 bridgehead atoms. The van der Waals surface area contributed by atoms with Crippen LogP contribution >= 0.6 is 0 Å². The molecule has 0 unspecified atom stereocenters. The standard InChI is InChI=1S/C20H23N5O3/c1-23(2)12-14-8-6-5-7-13(14)10-22-18(26)15-9-16-17(21-11-15)24(3)20(28)25(4)19(16)27/h5-9,11H,10,12H2,1-4H3,(H,22,26). The number of amides is 1. The van der Waals surface area contributed by atoms with Crippen molar-refractivity contribution in [3.8, 4) is 0 Å². The number of hydrogen-bond acceptors (Lipinski definition) is 5. The van der Waals surface area contributed by atoms with E-state index in [0.29, 0.717) is 6.54 Å². The summed E-state index contributed by atoms with van der Waals surface area (Å²) in [6.07, 6.45) is 1.38. The van der Waals surface area contributed by atoms with Crippen LogP contribution < -0.4 is 16.6 Å². The van der Waals surface area contributed by atoms with Gasteiger partial charge in [0.1, 0.15) is 5.65 Å². The van der Waals surface area contributed by atoms with Crippen LogP contribution in [0.15, 0.2) is 46.1 Å². The minimum absolute atomic E-state index is 0.227. The molecule has 3 aromatic rings. The molecule has 8 heteroatoms. The summed E-state index contributed by atoms with van der Waals surface area (Å²) in [5.74, 6) is -0.329. The second kappa shape index (κ2) is 7.77. The highest BCUT2D eigenvalue weighted by Crippen LogP contribution is 2.12. The first-order valence-electron chi connectivity index (χ1n) is 8.85. The van der Waals surface area contributed by atoms with Crippen LogP contribution in [0.4, 0.5) is 0 Å². The van der Waals surface area contributed by atoms with Crippen LogP contribution in [-0.4, -0.2) is 39.0 Å². The zero-order valence-corrected chi connectivity index (χ0v) is 16.4. The van der Waals surface area contributed by atoms with E-state index in [1.54, 1.807) is 7.05 Å². The molecule has 0 radical (unpaired) electrons. The largest absolute Gasteiger partial charge is 0.348 e. The van der Waals surface area contributed by atoms with Crippen LogP contribution in [0.1, 0.15) is 21.5 Å². The molecular formula is C20H23N5O3. The first-order valence-corrected chi connectivity index (χ1v) is 8.85. The Morgan fingerprint density at radius 3 is 2.46 bits per heavy atom. The highest BCUT2D eigenvalue weighted by Gasteiger charge is 2.14. The molecule has 0 aliphatic carbocycles. The van der Waals surface area contributed by atoms with Gasteiger partial charge in [0, 0.05) is 33.4 Å². The number of fused-ring (bicyclic) bond motifs is 1. The predicted molar refractivity (Wildman–Crippen MR) is 107 cm³/mol. The highest BCUT2D eigenvalue weighted by atomic mass is 16.2. The normalized spacial score (nSPS) is 11.2. The summed E-state index contributed by atoms with van der Waals surface area (Å²) < 4.78 is 2.29. The molecule has 1 N–H and O–H groups in total. The molecule has 0 atom stereocenters. The van der Waals surface area contributed by atoms with E-state index in [1.807, 2.05) is 38.4 Å². The minimum atomic E-state index is -0.475. The average molecular weight is 381 g/mol. The lowest BCUT2D eigenvalue weighted by molar-refractivity contribution is 0.0950. The summed E-state index contributed by atoms with van der Waals surface area (Å²) in [6.45, 7) is 1.14. The first kappa shape index (κ1) is 19.5. The highest BCUT2D eigenvalue weighted by molar-refractivity contribution is 5.96. The van der Waals surface area contributed by atoms with E-state index in [0.717, 1.165) is 22.2 Å². The third kappa shape index (κ3) is 3.72. The number of carbonyl (C=O) groups excluding carboxylic acids is 1. The molecule has 2 heterocycles. The summed E-state index contributed by atoms with van der Waals surface area (Å²) >= 11 is 0. The molecule has 0 saturated carbocycles. The topological polar surface area (TPSA) is 89.2 Å². The van der Waals surface area contributed by atoms with Gasteiger partial charge >= 0.3 is 5.69 Å². The molecule has 0 aliphatic rings. The second-order valence-electron chi connectivity index (χ2n) is 6.99. The van der Waals surface area contributed by atoms with Gasteiger partial charge in [-0.05, 0) is 31.3 Å². The van der Waals surface area contributed by atoms with Crippen molar-refractivity contribution in [2.75, 3.05) is 14.1 Å². The molecule has 3 rings (SSSR count). The molecule has 2 aromatic heterocycles. The van der Waals surface area contributed by atoms with Crippen LogP contribution in [0.2, 0.25) is 0 Å². The van der Waals surface area contributed by atoms with Crippen molar-refractivity contribution in [2.45, 2.75) is 13.1 Å². The number of rotatable bonds is 5. The first-order chi connectivity index (χ1) is 13.3. The minimum Gasteiger partial charge on any atom is -0.348 e. The lowest BCUT2D eigenvalue weighted by Crippen LogP contribution is -2.37. The Bertz CT molecular complexity index is 1160. The van der Waals surface area contributed by atoms with Crippen LogP contribution in [0, 0.1) is 0 Å². The number of nitrogens with zero attached hydrogens (tertiary/aromatic N) is 4. The Kier molecular flexibility index (Phi) is 5.41. The van der Waals surface area contributed by atoms with E-state index >= 15 is 0 Å². The molecule has 0 aliphatic heterocycles. The lowest BCUT2D eigenvalue weighted by atomic mass is 10.1. The summed E-state index contributed by atoms with van der Waals surface area (Å²) in [6, 6.07) is 9.39. The van der Waals surface area contributed by atoms with E-state index in [-0.39, 0.29) is 22.5 Å². The zero-order valence-electron chi connectivity index (χ0n) is 16.4. The third-order valence-electron chi connectivity index (χ3n) is 4.60. The smallest absolute Gasteiger partial charge is 0.332 e. The van der Waals surface area contributed by atoms with Crippen LogP contribution in [-0.2, 0) is 27.2 Å². The number of nitrogens with one attached hydrogen (secondary N) is 1. The van der Waals surface area contributed by atoms with Gasteiger partial charge in [-0.2, -0.15) is 0 Å². The number of benzene rings is 1. The van der Waals surface area contributed by atoms with Gasteiger partial charge in [-0.15, -0.1) is 0 Å². The molecule has 0 spiro atoms. The van der Waals surface area contributed by atoms with Gasteiger partial charge < -0.3 is 10.2 Å². The molecule has 1 amide bonds. The molecular weight excluding hydrogens is 358 g/mol. The van der Waals surface area contributed by atoms with Crippen molar-refractivity contribution in [3.63, 3.8) is 0 Å². The van der Waals surface area contributed by atoms with Crippen LogP contribution in [0.3, 0.4) is 0 Å². The van der Waals surface area contributed by atoms with Gasteiger partial charge in [0.15, 0.2) is 0 Å². The van der Waals surface area contributed by atoms with Crippen LogP contribution in [0.25, 0.3) is 11.0 Å². The maximum absolute atomic E-state index is 12.6. The van der Waals surface area contributed by atoms with E-state index in [9.17, 15) is 14.4 Å². The summed E-state index contributed by atoms with van der Waals surface area (Å²) in [5, 5.41) is 3.11. The van der Waals surface area contributed by atoms with Crippen molar-refractivity contribution in [1.29, 1.82) is 0 Å². The van der Waals surface area contributed by atoms with E-state index in [1.165, 1.54) is 23.9 Å². The fourth-order valence-electron chi connectivity index (χ4n) is 3.09. The van der Waals surface area contributed by atoms with Crippen molar-refractivity contribution in [3.05, 3.63) is 74.1 Å². The maximum atomic E-state index is 12.6. The van der Waals surface area contributed by atoms with Gasteiger partial charge in [-0.3, -0.25) is 18.7 Å². The SMILES string of the molecule is CN(C)Cc1ccccc1CNC(=O)c1cnc2c(c1)c(=O)n(C)c(=O)n2C. The quantitative estimate of drug-likeness (QED) is 0.700. The summed E-state index contributed by atoms with van der Waals surface area (Å²) in [5.41, 5.74) is 1.75. The Morgan fingerprint density at radius 1 is 1.11 bits per heavy atom. The van der Waals surface area contributed by atoms with Crippen molar-refractivity contribution in [2.24, 2.45) is 14.1 Å². The van der Waals surface area contributed by atoms with Gasteiger partial charge in [0.25, 0.3) is 11.5 Å². The molecule has 0 fully saturated rings. The van der Waals surface area contributed by atoms with Crippen molar-refractivity contribution < 1.29 is 4.79 Å². The number of pyridine rings is 1. The molecule has 8 nitrogen and oxygen atoms in total. The van der Waals surface area contributed by atoms with E-state index < -0.39 is 11.2 Å². The van der Waals surface area contributed by atoms with Gasteiger partial charge in [-0.1, -0.05) is 24.3 Å². The number of aromatic nitrogens is 3. The second-order valence-corrected chi connectivity index (χ2v) is 6.99. The molecule has 28 heavy (non-hydrogen) atoms. The lowest BCUT2D eigenvalue weighted by Gasteiger charge is -2.14. The zero-order chi connectivity index (χ0) is 20.4. The Hall–Kier alpha value is -3.26. The Morgan fingerprint density at radius 2 is 1.79 bits per heavy atom. The average Bonchev–Trinajstić information content (AvgIpc) is 2.69. The van der Waals surface area contributed by atoms with Gasteiger partial charge in [0.2, 0.25) is 0 Å². The molecule has 0 saturated heterocycles. The van der Waals surface area contributed by atoms with Gasteiger partial charge in [0.05, 0.1) is 10.9 Å². The number of hydrogen-bond donors (Lipinski definition) is 1. The van der Waals surface area contributed by atoms with E-state index in [2.05, 4.69) is 15.2 Å². The van der Waals surface area contributed by atoms with E-state index in [4.69, 9.17) is 0 Å². The maximum Gasteiger partial charge on any atom is 0.332 e. The summed E-state index contributed by atoms with van der Waals surface area (Å²) in [4.78, 5) is 43.2. The third-order valence-corrected chi connectivity index (χ3v) is 4.60. The Balaban J connectivity index is 1.87. The number of aryl methyl sites for hydroxylation is 1. The fourth-order valence-corrected chi connectivity index (χ4v) is 3.09. The Labute approximate surface area is 162 Å². The monoisotopic (exact) mass is 381 g/mol.